The number of morpholine rings is 1. The Morgan fingerprint density at radius 3 is 2.76 bits per heavy atom. The Morgan fingerprint density at radius 2 is 1.96 bits per heavy atom. The maximum Gasteiger partial charge on any atom is 0.227 e. The highest BCUT2D eigenvalue weighted by molar-refractivity contribution is 5.79. The first-order valence-corrected chi connectivity index (χ1v) is 8.86. The second kappa shape index (κ2) is 7.33. The fourth-order valence-corrected chi connectivity index (χ4v) is 3.77. The Hall–Kier alpha value is -2.24. The second-order valence-electron chi connectivity index (χ2n) is 6.77. The van der Waals surface area contributed by atoms with Crippen molar-refractivity contribution >= 4 is 5.91 Å². The van der Waals surface area contributed by atoms with Gasteiger partial charge in [0.15, 0.2) is 0 Å². The van der Waals surface area contributed by atoms with Crippen LogP contribution < -0.4 is 0 Å². The van der Waals surface area contributed by atoms with E-state index < -0.39 is 0 Å². The monoisotopic (exact) mass is 337 g/mol. The standard InChI is InChI=1S/C20H23N3O2/c24-20(11-17-7-4-8-21-12-17)23-14-18-19(15-23)25-10-9-22(18)13-16-5-2-1-3-6-16/h1-8,12,18-19H,9-11,13-15H2/t18-,19+/m1/s1. The zero-order valence-electron chi connectivity index (χ0n) is 14.3. The number of fused-ring (bicyclic) bond motifs is 1. The van der Waals surface area contributed by atoms with Crippen LogP contribution in [0.5, 0.6) is 0 Å². The van der Waals surface area contributed by atoms with Crippen molar-refractivity contribution in [3.8, 4) is 0 Å². The number of ether oxygens (including phenoxy) is 1. The molecule has 2 fully saturated rings. The maximum absolute atomic E-state index is 12.6. The van der Waals surface area contributed by atoms with Crippen LogP contribution in [0, 0.1) is 0 Å². The van der Waals surface area contributed by atoms with Crippen molar-refractivity contribution < 1.29 is 9.53 Å². The lowest BCUT2D eigenvalue weighted by Crippen LogP contribution is -2.50. The van der Waals surface area contributed by atoms with Crippen LogP contribution in [0.1, 0.15) is 11.1 Å². The van der Waals surface area contributed by atoms with E-state index in [1.54, 1.807) is 12.4 Å². The van der Waals surface area contributed by atoms with Crippen molar-refractivity contribution in [2.45, 2.75) is 25.1 Å². The topological polar surface area (TPSA) is 45.7 Å². The number of nitrogens with zero attached hydrogens (tertiary/aromatic N) is 3. The third kappa shape index (κ3) is 3.72. The van der Waals surface area contributed by atoms with E-state index in [2.05, 4.69) is 34.1 Å². The lowest BCUT2D eigenvalue weighted by Gasteiger charge is -2.36. The summed E-state index contributed by atoms with van der Waals surface area (Å²) in [6, 6.07) is 14.6. The Balaban J connectivity index is 1.41. The highest BCUT2D eigenvalue weighted by Gasteiger charge is 2.41. The quantitative estimate of drug-likeness (QED) is 0.852. The molecule has 2 aliphatic rings. The van der Waals surface area contributed by atoms with Crippen molar-refractivity contribution in [2.75, 3.05) is 26.2 Å². The lowest BCUT2D eigenvalue weighted by atomic mass is 10.1. The minimum absolute atomic E-state index is 0.121. The van der Waals surface area contributed by atoms with Crippen LogP contribution in [-0.2, 0) is 22.5 Å². The summed E-state index contributed by atoms with van der Waals surface area (Å²) in [5, 5.41) is 0. The first-order chi connectivity index (χ1) is 12.3. The molecule has 0 spiro atoms. The zero-order chi connectivity index (χ0) is 17.1. The number of pyridine rings is 1. The summed E-state index contributed by atoms with van der Waals surface area (Å²) in [7, 11) is 0. The third-order valence-electron chi connectivity index (χ3n) is 5.08. The fraction of sp³-hybridized carbons (Fsp3) is 0.400. The molecule has 0 saturated carbocycles. The molecule has 0 N–H and O–H groups in total. The van der Waals surface area contributed by atoms with Gasteiger partial charge in [-0.15, -0.1) is 0 Å². The molecular formula is C20H23N3O2. The molecule has 3 heterocycles. The molecule has 0 radical (unpaired) electrons. The summed E-state index contributed by atoms with van der Waals surface area (Å²) in [4.78, 5) is 21.1. The van der Waals surface area contributed by atoms with Crippen LogP contribution in [0.3, 0.4) is 0 Å². The molecule has 25 heavy (non-hydrogen) atoms. The van der Waals surface area contributed by atoms with E-state index in [-0.39, 0.29) is 18.1 Å². The Kier molecular flexibility index (Phi) is 4.76. The largest absolute Gasteiger partial charge is 0.373 e. The lowest BCUT2D eigenvalue weighted by molar-refractivity contribution is -0.129. The van der Waals surface area contributed by atoms with Gasteiger partial charge in [0.1, 0.15) is 0 Å². The molecule has 2 aromatic rings. The Labute approximate surface area is 148 Å². The van der Waals surface area contributed by atoms with Gasteiger partial charge in [0.05, 0.1) is 25.2 Å². The molecular weight excluding hydrogens is 314 g/mol. The number of carbonyl (C=O) groups is 1. The minimum atomic E-state index is 0.121. The van der Waals surface area contributed by atoms with E-state index in [0.717, 1.165) is 31.8 Å². The summed E-state index contributed by atoms with van der Waals surface area (Å²) in [5.41, 5.74) is 2.27. The van der Waals surface area contributed by atoms with Gasteiger partial charge in [-0.1, -0.05) is 36.4 Å². The molecule has 0 bridgehead atoms. The van der Waals surface area contributed by atoms with E-state index in [1.807, 2.05) is 23.1 Å². The number of hydrogen-bond donors (Lipinski definition) is 0. The van der Waals surface area contributed by atoms with Crippen LogP contribution in [-0.4, -0.2) is 59.1 Å². The van der Waals surface area contributed by atoms with Crippen molar-refractivity contribution in [1.29, 1.82) is 0 Å². The molecule has 1 aromatic carbocycles. The van der Waals surface area contributed by atoms with Crippen molar-refractivity contribution in [2.24, 2.45) is 0 Å². The normalized spacial score (nSPS) is 23.4. The molecule has 2 aliphatic heterocycles. The molecule has 5 nitrogen and oxygen atoms in total. The van der Waals surface area contributed by atoms with Crippen LogP contribution in [0.25, 0.3) is 0 Å². The summed E-state index contributed by atoms with van der Waals surface area (Å²) < 4.78 is 5.95. The molecule has 1 amide bonds. The fourth-order valence-electron chi connectivity index (χ4n) is 3.77. The number of likely N-dealkylation sites (tertiary alicyclic amines) is 1. The first kappa shape index (κ1) is 16.2. The predicted molar refractivity (Wildman–Crippen MR) is 94.9 cm³/mol. The number of hydrogen-bond acceptors (Lipinski definition) is 4. The van der Waals surface area contributed by atoms with Gasteiger partial charge >= 0.3 is 0 Å². The average molecular weight is 337 g/mol. The molecule has 2 atom stereocenters. The highest BCUT2D eigenvalue weighted by atomic mass is 16.5. The molecule has 130 valence electrons. The Morgan fingerprint density at radius 1 is 1.12 bits per heavy atom. The van der Waals surface area contributed by atoms with Crippen LogP contribution in [0.4, 0.5) is 0 Å². The van der Waals surface area contributed by atoms with Gasteiger partial charge < -0.3 is 9.64 Å². The van der Waals surface area contributed by atoms with Gasteiger partial charge in [-0.2, -0.15) is 0 Å². The van der Waals surface area contributed by atoms with Crippen molar-refractivity contribution in [3.05, 3.63) is 66.0 Å². The van der Waals surface area contributed by atoms with Crippen LogP contribution in [0.2, 0.25) is 0 Å². The van der Waals surface area contributed by atoms with Gasteiger partial charge in [-0.05, 0) is 17.2 Å². The zero-order valence-corrected chi connectivity index (χ0v) is 14.3. The van der Waals surface area contributed by atoms with Crippen LogP contribution >= 0.6 is 0 Å². The Bertz CT molecular complexity index is 707. The SMILES string of the molecule is O=C(Cc1cccnc1)N1C[C@@H]2OCCN(Cc3ccccc3)[C@@H]2C1. The highest BCUT2D eigenvalue weighted by Crippen LogP contribution is 2.25. The number of amides is 1. The smallest absolute Gasteiger partial charge is 0.227 e. The van der Waals surface area contributed by atoms with Gasteiger partial charge in [-0.3, -0.25) is 14.7 Å². The third-order valence-corrected chi connectivity index (χ3v) is 5.08. The predicted octanol–water partition coefficient (Wildman–Crippen LogP) is 1.74. The van der Waals surface area contributed by atoms with Gasteiger partial charge in [-0.25, -0.2) is 0 Å². The summed E-state index contributed by atoms with van der Waals surface area (Å²) in [5.74, 6) is 0.158. The van der Waals surface area contributed by atoms with E-state index in [0.29, 0.717) is 13.0 Å². The summed E-state index contributed by atoms with van der Waals surface area (Å²) in [6.07, 6.45) is 4.02. The van der Waals surface area contributed by atoms with Crippen molar-refractivity contribution in [3.63, 3.8) is 0 Å². The average Bonchev–Trinajstić information content (AvgIpc) is 3.09. The number of aromatic nitrogens is 1. The molecule has 4 rings (SSSR count). The molecule has 5 heteroatoms. The minimum Gasteiger partial charge on any atom is -0.373 e. The van der Waals surface area contributed by atoms with Gasteiger partial charge in [0.25, 0.3) is 0 Å². The molecule has 0 aliphatic carbocycles. The van der Waals surface area contributed by atoms with Gasteiger partial charge in [0.2, 0.25) is 5.91 Å². The van der Waals surface area contributed by atoms with Crippen molar-refractivity contribution in [1.82, 2.24) is 14.8 Å². The van der Waals surface area contributed by atoms with Crippen LogP contribution in [0.15, 0.2) is 54.9 Å². The summed E-state index contributed by atoms with van der Waals surface area (Å²) in [6.45, 7) is 4.00. The number of rotatable bonds is 4. The molecule has 0 unspecified atom stereocenters. The first-order valence-electron chi connectivity index (χ1n) is 8.86. The maximum atomic E-state index is 12.6. The van der Waals surface area contributed by atoms with E-state index in [9.17, 15) is 4.79 Å². The van der Waals surface area contributed by atoms with E-state index in [1.165, 1.54) is 5.56 Å². The van der Waals surface area contributed by atoms with E-state index in [4.69, 9.17) is 4.74 Å². The molecule has 2 saturated heterocycles. The number of carbonyl (C=O) groups excluding carboxylic acids is 1. The number of benzene rings is 1. The van der Waals surface area contributed by atoms with E-state index >= 15 is 0 Å². The van der Waals surface area contributed by atoms with Gasteiger partial charge in [0, 0.05) is 38.6 Å². The summed E-state index contributed by atoms with van der Waals surface area (Å²) >= 11 is 0. The molecule has 1 aromatic heterocycles. The second-order valence-corrected chi connectivity index (χ2v) is 6.77.